The molecule has 1 unspecified atom stereocenters. The number of ether oxygens (including phenoxy) is 3. The van der Waals surface area contributed by atoms with Gasteiger partial charge in [0.15, 0.2) is 0 Å². The van der Waals surface area contributed by atoms with Crippen molar-refractivity contribution >= 4 is 23.6 Å². The number of hydrogen-bond donors (Lipinski definition) is 1. The van der Waals surface area contributed by atoms with Crippen molar-refractivity contribution in [2.75, 3.05) is 25.6 Å². The van der Waals surface area contributed by atoms with E-state index in [0.29, 0.717) is 31.1 Å². The highest BCUT2D eigenvalue weighted by atomic mass is 16.7. The Morgan fingerprint density at radius 1 is 1.10 bits per heavy atom. The SMILES string of the molecule is CCCOCCOC(C)OC(=O)c1ccc([N+](=O)[O-])cc1.Nc1ccc(C=O)cc1. The number of anilines is 1. The van der Waals surface area contributed by atoms with Gasteiger partial charge in [-0.1, -0.05) is 6.92 Å². The van der Waals surface area contributed by atoms with Gasteiger partial charge in [-0.3, -0.25) is 14.9 Å². The molecule has 0 bridgehead atoms. The van der Waals surface area contributed by atoms with Crippen molar-refractivity contribution in [1.29, 1.82) is 0 Å². The fraction of sp³-hybridized carbons (Fsp3) is 0.333. The summed E-state index contributed by atoms with van der Waals surface area (Å²) in [6.07, 6.45) is 1.02. The van der Waals surface area contributed by atoms with E-state index in [9.17, 15) is 19.7 Å². The molecule has 0 amide bonds. The van der Waals surface area contributed by atoms with Gasteiger partial charge >= 0.3 is 5.97 Å². The van der Waals surface area contributed by atoms with Gasteiger partial charge in [0.2, 0.25) is 6.29 Å². The number of rotatable bonds is 10. The predicted octanol–water partition coefficient (Wildman–Crippen LogP) is 3.62. The number of hydrogen-bond acceptors (Lipinski definition) is 8. The summed E-state index contributed by atoms with van der Waals surface area (Å²) in [6.45, 7) is 5.04. The molecular weight excluding hydrogens is 392 g/mol. The monoisotopic (exact) mass is 418 g/mol. The van der Waals surface area contributed by atoms with Crippen molar-refractivity contribution < 1.29 is 28.7 Å². The molecule has 0 saturated carbocycles. The minimum absolute atomic E-state index is 0.0797. The van der Waals surface area contributed by atoms with Crippen LogP contribution in [0.2, 0.25) is 0 Å². The molecule has 2 rings (SSSR count). The summed E-state index contributed by atoms with van der Waals surface area (Å²) in [5.74, 6) is -0.591. The smallest absolute Gasteiger partial charge is 0.340 e. The number of carbonyl (C=O) groups is 2. The molecule has 2 N–H and O–H groups in total. The van der Waals surface area contributed by atoms with Gasteiger partial charge in [0, 0.05) is 30.0 Å². The van der Waals surface area contributed by atoms with Crippen LogP contribution in [0.4, 0.5) is 11.4 Å². The molecule has 0 spiro atoms. The molecule has 2 aromatic carbocycles. The lowest BCUT2D eigenvalue weighted by Gasteiger charge is -2.14. The Bertz CT molecular complexity index is 792. The highest BCUT2D eigenvalue weighted by Crippen LogP contribution is 2.13. The summed E-state index contributed by atoms with van der Waals surface area (Å²) >= 11 is 0. The molecule has 0 fully saturated rings. The maximum atomic E-state index is 11.8. The molecular formula is C21H26N2O7. The van der Waals surface area contributed by atoms with E-state index < -0.39 is 17.2 Å². The lowest BCUT2D eigenvalue weighted by atomic mass is 10.2. The Balaban J connectivity index is 0.000000414. The normalized spacial score (nSPS) is 11.0. The molecule has 2 aromatic rings. The summed E-state index contributed by atoms with van der Waals surface area (Å²) in [4.78, 5) is 31.8. The Morgan fingerprint density at radius 3 is 2.27 bits per heavy atom. The van der Waals surface area contributed by atoms with Gasteiger partial charge in [0.25, 0.3) is 5.69 Å². The number of aldehydes is 1. The molecule has 0 aliphatic rings. The van der Waals surface area contributed by atoms with Crippen LogP contribution in [0.3, 0.4) is 0 Å². The highest BCUT2D eigenvalue weighted by molar-refractivity contribution is 5.89. The van der Waals surface area contributed by atoms with Crippen molar-refractivity contribution in [3.05, 3.63) is 69.8 Å². The van der Waals surface area contributed by atoms with Gasteiger partial charge in [0.05, 0.1) is 23.7 Å². The molecule has 9 nitrogen and oxygen atoms in total. The van der Waals surface area contributed by atoms with E-state index in [-0.39, 0.29) is 11.3 Å². The van der Waals surface area contributed by atoms with Crippen molar-refractivity contribution in [3.63, 3.8) is 0 Å². The number of non-ortho nitro benzene ring substituents is 1. The number of benzene rings is 2. The summed E-state index contributed by atoms with van der Waals surface area (Å²) in [5.41, 5.74) is 6.86. The maximum Gasteiger partial charge on any atom is 0.340 e. The Hall–Kier alpha value is -3.30. The first-order valence-electron chi connectivity index (χ1n) is 9.32. The first kappa shape index (κ1) is 24.7. The van der Waals surface area contributed by atoms with Crippen LogP contribution in [-0.4, -0.2) is 43.3 Å². The average molecular weight is 418 g/mol. The molecule has 0 heterocycles. The van der Waals surface area contributed by atoms with Crippen LogP contribution in [0, 0.1) is 10.1 Å². The number of nitrogen functional groups attached to an aromatic ring is 1. The van der Waals surface area contributed by atoms with Gasteiger partial charge in [-0.2, -0.15) is 0 Å². The average Bonchev–Trinajstić information content (AvgIpc) is 2.74. The molecule has 9 heteroatoms. The summed E-state index contributed by atoms with van der Waals surface area (Å²) in [6, 6.07) is 12.0. The Morgan fingerprint density at radius 2 is 1.73 bits per heavy atom. The summed E-state index contributed by atoms with van der Waals surface area (Å²) in [5, 5.41) is 10.5. The van der Waals surface area contributed by atoms with E-state index >= 15 is 0 Å². The Kier molecular flexibility index (Phi) is 11.4. The van der Waals surface area contributed by atoms with Crippen LogP contribution in [0.1, 0.15) is 41.0 Å². The number of carbonyl (C=O) groups excluding carboxylic acids is 2. The summed E-state index contributed by atoms with van der Waals surface area (Å²) < 4.78 is 15.6. The molecule has 1 atom stereocenters. The topological polar surface area (TPSA) is 131 Å². The minimum atomic E-state index is -0.710. The van der Waals surface area contributed by atoms with Crippen molar-refractivity contribution in [1.82, 2.24) is 0 Å². The van der Waals surface area contributed by atoms with E-state index in [4.69, 9.17) is 19.9 Å². The van der Waals surface area contributed by atoms with Crippen molar-refractivity contribution in [2.45, 2.75) is 26.6 Å². The first-order chi connectivity index (χ1) is 14.4. The van der Waals surface area contributed by atoms with E-state index in [1.807, 2.05) is 6.92 Å². The van der Waals surface area contributed by atoms with E-state index in [1.165, 1.54) is 24.3 Å². The summed E-state index contributed by atoms with van der Waals surface area (Å²) in [7, 11) is 0. The number of nitro benzene ring substituents is 1. The third-order valence-corrected chi connectivity index (χ3v) is 3.59. The van der Waals surface area contributed by atoms with E-state index in [1.54, 1.807) is 31.2 Å². The van der Waals surface area contributed by atoms with E-state index in [0.717, 1.165) is 12.7 Å². The van der Waals surface area contributed by atoms with Crippen LogP contribution in [0.5, 0.6) is 0 Å². The van der Waals surface area contributed by atoms with Gasteiger partial charge in [-0.25, -0.2) is 4.79 Å². The van der Waals surface area contributed by atoms with Crippen LogP contribution in [0.25, 0.3) is 0 Å². The quantitative estimate of drug-likeness (QED) is 0.118. The molecule has 162 valence electrons. The third kappa shape index (κ3) is 9.76. The second-order valence-electron chi connectivity index (χ2n) is 6.04. The fourth-order valence-corrected chi connectivity index (χ4v) is 2.07. The molecule has 30 heavy (non-hydrogen) atoms. The van der Waals surface area contributed by atoms with Crippen LogP contribution >= 0.6 is 0 Å². The van der Waals surface area contributed by atoms with Crippen molar-refractivity contribution in [3.8, 4) is 0 Å². The number of nitrogens with two attached hydrogens (primary N) is 1. The Labute approximate surface area is 174 Å². The number of nitrogens with zero attached hydrogens (tertiary/aromatic N) is 1. The van der Waals surface area contributed by atoms with Gasteiger partial charge in [-0.15, -0.1) is 0 Å². The van der Waals surface area contributed by atoms with Crippen LogP contribution in [0.15, 0.2) is 48.5 Å². The number of nitro groups is 1. The second-order valence-corrected chi connectivity index (χ2v) is 6.04. The predicted molar refractivity (Wildman–Crippen MR) is 111 cm³/mol. The molecule has 0 aromatic heterocycles. The van der Waals surface area contributed by atoms with Crippen LogP contribution in [-0.2, 0) is 14.2 Å². The molecule has 0 radical (unpaired) electrons. The van der Waals surface area contributed by atoms with Gasteiger partial charge < -0.3 is 19.9 Å². The second kappa shape index (κ2) is 13.8. The molecule has 0 aliphatic heterocycles. The lowest BCUT2D eigenvalue weighted by Crippen LogP contribution is -2.20. The van der Waals surface area contributed by atoms with Gasteiger partial charge in [0.1, 0.15) is 6.29 Å². The zero-order chi connectivity index (χ0) is 22.4. The van der Waals surface area contributed by atoms with E-state index in [2.05, 4.69) is 0 Å². The third-order valence-electron chi connectivity index (χ3n) is 3.59. The minimum Gasteiger partial charge on any atom is -0.432 e. The molecule has 0 saturated heterocycles. The largest absolute Gasteiger partial charge is 0.432 e. The fourth-order valence-electron chi connectivity index (χ4n) is 2.07. The molecule has 0 aliphatic carbocycles. The van der Waals surface area contributed by atoms with Crippen molar-refractivity contribution in [2.24, 2.45) is 0 Å². The van der Waals surface area contributed by atoms with Crippen LogP contribution < -0.4 is 5.73 Å². The standard InChI is InChI=1S/C14H19NO6.C7H7NO/c1-3-8-19-9-10-20-11(2)21-14(16)12-4-6-13(7-5-12)15(17)18;8-7-3-1-6(5-9)2-4-7/h4-7,11H,3,8-10H2,1-2H3;1-5H,8H2. The van der Waals surface area contributed by atoms with Gasteiger partial charge in [-0.05, 0) is 49.7 Å². The lowest BCUT2D eigenvalue weighted by molar-refractivity contribution is -0.384. The maximum absolute atomic E-state index is 11.8. The first-order valence-corrected chi connectivity index (χ1v) is 9.32. The highest BCUT2D eigenvalue weighted by Gasteiger charge is 2.14. The number of esters is 1. The zero-order valence-corrected chi connectivity index (χ0v) is 17.0. The zero-order valence-electron chi connectivity index (χ0n) is 17.0.